The number of aromatic nitrogens is 1. The van der Waals surface area contributed by atoms with Gasteiger partial charge < -0.3 is 4.74 Å². The molecular formula is C24H17NO. The molecule has 0 bridgehead atoms. The van der Waals surface area contributed by atoms with Crippen LogP contribution in [0, 0.1) is 6.92 Å². The van der Waals surface area contributed by atoms with Crippen molar-refractivity contribution in [2.45, 2.75) is 6.92 Å². The number of ether oxygens (including phenoxy) is 1. The van der Waals surface area contributed by atoms with Gasteiger partial charge in [-0.3, -0.25) is 4.98 Å². The van der Waals surface area contributed by atoms with E-state index in [1.54, 1.807) is 0 Å². The van der Waals surface area contributed by atoms with Gasteiger partial charge in [-0.05, 0) is 53.9 Å². The van der Waals surface area contributed by atoms with Gasteiger partial charge >= 0.3 is 0 Å². The van der Waals surface area contributed by atoms with Crippen LogP contribution in [-0.4, -0.2) is 4.98 Å². The maximum Gasteiger partial charge on any atom is 0.136 e. The lowest BCUT2D eigenvalue weighted by molar-refractivity contribution is 0.488. The molecule has 2 heterocycles. The van der Waals surface area contributed by atoms with Gasteiger partial charge in [0, 0.05) is 22.9 Å². The molecule has 3 aromatic carbocycles. The van der Waals surface area contributed by atoms with E-state index in [2.05, 4.69) is 66.5 Å². The van der Waals surface area contributed by atoms with Gasteiger partial charge in [-0.2, -0.15) is 0 Å². The molecule has 2 heteroatoms. The summed E-state index contributed by atoms with van der Waals surface area (Å²) >= 11 is 0. The molecule has 1 aliphatic heterocycles. The van der Waals surface area contributed by atoms with E-state index in [4.69, 9.17) is 4.74 Å². The summed E-state index contributed by atoms with van der Waals surface area (Å²) in [5.74, 6) is 1.71. The van der Waals surface area contributed by atoms with Crippen molar-refractivity contribution in [2.24, 2.45) is 0 Å². The summed E-state index contributed by atoms with van der Waals surface area (Å²) < 4.78 is 6.35. The fourth-order valence-corrected chi connectivity index (χ4v) is 3.60. The number of hydrogen-bond acceptors (Lipinski definition) is 2. The molecular weight excluding hydrogens is 318 g/mol. The topological polar surface area (TPSA) is 22.1 Å². The van der Waals surface area contributed by atoms with Crippen LogP contribution in [0.2, 0.25) is 0 Å². The summed E-state index contributed by atoms with van der Waals surface area (Å²) in [4.78, 5) is 4.63. The minimum Gasteiger partial charge on any atom is -0.456 e. The Morgan fingerprint density at radius 1 is 0.654 bits per heavy atom. The fraction of sp³-hybridized carbons (Fsp3) is 0.0417. The fourth-order valence-electron chi connectivity index (χ4n) is 3.60. The lowest BCUT2D eigenvalue weighted by atomic mass is 9.95. The summed E-state index contributed by atoms with van der Waals surface area (Å²) in [5.41, 5.74) is 7.80. The van der Waals surface area contributed by atoms with E-state index in [1.165, 1.54) is 11.1 Å². The van der Waals surface area contributed by atoms with E-state index in [0.29, 0.717) is 0 Å². The standard InChI is InChI=1S/C24H17NO/c1-16-7-2-3-8-18(16)17-12-13-19-20-10-6-14-25-24(20)21-9-4-5-11-22(21)26-23(19)15-17/h2-15H,1H3. The Hall–Kier alpha value is -3.39. The van der Waals surface area contributed by atoms with E-state index in [9.17, 15) is 0 Å². The summed E-state index contributed by atoms with van der Waals surface area (Å²) in [6.45, 7) is 2.14. The van der Waals surface area contributed by atoms with E-state index in [-0.39, 0.29) is 0 Å². The van der Waals surface area contributed by atoms with Crippen LogP contribution in [0.5, 0.6) is 11.5 Å². The molecule has 0 spiro atoms. The Labute approximate surface area is 152 Å². The number of nitrogens with zero attached hydrogens (tertiary/aromatic N) is 1. The maximum absolute atomic E-state index is 6.35. The molecule has 0 aliphatic carbocycles. The number of rotatable bonds is 1. The zero-order valence-electron chi connectivity index (χ0n) is 14.4. The normalized spacial score (nSPS) is 11.6. The quantitative estimate of drug-likeness (QED) is 0.349. The molecule has 2 nitrogen and oxygen atoms in total. The Morgan fingerprint density at radius 3 is 2.31 bits per heavy atom. The second-order valence-electron chi connectivity index (χ2n) is 6.52. The number of benzene rings is 3. The molecule has 1 aromatic heterocycles. The Kier molecular flexibility index (Phi) is 3.36. The van der Waals surface area contributed by atoms with Gasteiger partial charge in [0.05, 0.1) is 5.69 Å². The van der Waals surface area contributed by atoms with Crippen molar-refractivity contribution in [3.05, 3.63) is 90.6 Å². The van der Waals surface area contributed by atoms with Crippen molar-refractivity contribution < 1.29 is 4.74 Å². The molecule has 0 atom stereocenters. The second kappa shape index (κ2) is 5.85. The number of fused-ring (bicyclic) bond motifs is 5. The monoisotopic (exact) mass is 335 g/mol. The molecule has 5 rings (SSSR count). The van der Waals surface area contributed by atoms with Crippen LogP contribution in [0.1, 0.15) is 5.56 Å². The van der Waals surface area contributed by atoms with Crippen molar-refractivity contribution in [2.75, 3.05) is 0 Å². The second-order valence-corrected chi connectivity index (χ2v) is 6.52. The molecule has 0 saturated carbocycles. The molecule has 0 radical (unpaired) electrons. The lowest BCUT2D eigenvalue weighted by Gasteiger charge is -2.12. The molecule has 124 valence electrons. The number of hydrogen-bond donors (Lipinski definition) is 0. The Morgan fingerprint density at radius 2 is 1.42 bits per heavy atom. The van der Waals surface area contributed by atoms with E-state index < -0.39 is 0 Å². The highest BCUT2D eigenvalue weighted by Gasteiger charge is 2.21. The Balaban J connectivity index is 1.77. The van der Waals surface area contributed by atoms with Crippen molar-refractivity contribution in [1.82, 2.24) is 4.98 Å². The van der Waals surface area contributed by atoms with Crippen molar-refractivity contribution in [3.8, 4) is 45.0 Å². The molecule has 0 amide bonds. The van der Waals surface area contributed by atoms with Gasteiger partial charge in [0.2, 0.25) is 0 Å². The largest absolute Gasteiger partial charge is 0.456 e. The first-order valence-electron chi connectivity index (χ1n) is 8.74. The molecule has 1 aliphatic rings. The number of aryl methyl sites for hydroxylation is 1. The summed E-state index contributed by atoms with van der Waals surface area (Å²) in [6, 6.07) is 27.0. The summed E-state index contributed by atoms with van der Waals surface area (Å²) in [6.07, 6.45) is 1.84. The first-order chi connectivity index (χ1) is 12.8. The molecule has 0 N–H and O–H groups in total. The summed E-state index contributed by atoms with van der Waals surface area (Å²) in [5, 5.41) is 0. The van der Waals surface area contributed by atoms with Gasteiger partial charge in [0.1, 0.15) is 11.5 Å². The first kappa shape index (κ1) is 14.9. The van der Waals surface area contributed by atoms with E-state index >= 15 is 0 Å². The van der Waals surface area contributed by atoms with E-state index in [1.807, 2.05) is 30.5 Å². The van der Waals surface area contributed by atoms with Gasteiger partial charge in [-0.1, -0.05) is 48.5 Å². The SMILES string of the molecule is Cc1ccccc1-c1ccc2c(c1)Oc1ccccc1-c1ncccc1-2. The zero-order chi connectivity index (χ0) is 17.5. The highest BCUT2D eigenvalue weighted by atomic mass is 16.5. The highest BCUT2D eigenvalue weighted by Crippen LogP contribution is 2.46. The average molecular weight is 335 g/mol. The van der Waals surface area contributed by atoms with Gasteiger partial charge in [0.25, 0.3) is 0 Å². The molecule has 0 saturated heterocycles. The maximum atomic E-state index is 6.35. The van der Waals surface area contributed by atoms with Crippen LogP contribution in [0.25, 0.3) is 33.5 Å². The first-order valence-corrected chi connectivity index (χ1v) is 8.74. The minimum atomic E-state index is 0.841. The third-order valence-corrected chi connectivity index (χ3v) is 4.90. The van der Waals surface area contributed by atoms with Crippen LogP contribution in [0.3, 0.4) is 0 Å². The van der Waals surface area contributed by atoms with Crippen LogP contribution in [0.15, 0.2) is 85.1 Å². The smallest absolute Gasteiger partial charge is 0.136 e. The van der Waals surface area contributed by atoms with Crippen molar-refractivity contribution in [1.29, 1.82) is 0 Å². The molecule has 4 aromatic rings. The lowest BCUT2D eigenvalue weighted by Crippen LogP contribution is -1.89. The van der Waals surface area contributed by atoms with Crippen LogP contribution >= 0.6 is 0 Å². The van der Waals surface area contributed by atoms with Crippen LogP contribution in [-0.2, 0) is 0 Å². The highest BCUT2D eigenvalue weighted by molar-refractivity contribution is 5.89. The summed E-state index contributed by atoms with van der Waals surface area (Å²) in [7, 11) is 0. The Bertz CT molecular complexity index is 1130. The van der Waals surface area contributed by atoms with Gasteiger partial charge in [-0.25, -0.2) is 0 Å². The molecule has 26 heavy (non-hydrogen) atoms. The third kappa shape index (κ3) is 2.31. The van der Waals surface area contributed by atoms with Crippen LogP contribution < -0.4 is 4.74 Å². The van der Waals surface area contributed by atoms with Gasteiger partial charge in [-0.15, -0.1) is 0 Å². The molecule has 0 fully saturated rings. The zero-order valence-corrected chi connectivity index (χ0v) is 14.4. The minimum absolute atomic E-state index is 0.841. The van der Waals surface area contributed by atoms with Crippen LogP contribution in [0.4, 0.5) is 0 Å². The third-order valence-electron chi connectivity index (χ3n) is 4.90. The van der Waals surface area contributed by atoms with Crippen molar-refractivity contribution in [3.63, 3.8) is 0 Å². The average Bonchev–Trinajstić information content (AvgIpc) is 2.82. The number of pyridine rings is 1. The predicted octanol–water partition coefficient (Wildman–Crippen LogP) is 6.50. The predicted molar refractivity (Wildman–Crippen MR) is 105 cm³/mol. The number of para-hydroxylation sites is 1. The van der Waals surface area contributed by atoms with Crippen molar-refractivity contribution >= 4 is 0 Å². The molecule has 0 unspecified atom stereocenters. The van der Waals surface area contributed by atoms with E-state index in [0.717, 1.165) is 39.4 Å². The van der Waals surface area contributed by atoms with Gasteiger partial charge in [0.15, 0.2) is 0 Å².